The van der Waals surface area contributed by atoms with Crippen LogP contribution in [-0.4, -0.2) is 9.97 Å². The molecule has 0 aliphatic carbocycles. The molecule has 3 N–H and O–H groups in total. The van der Waals surface area contributed by atoms with Gasteiger partial charge in [-0.3, -0.25) is 4.79 Å². The van der Waals surface area contributed by atoms with Crippen molar-refractivity contribution < 1.29 is 0 Å². The van der Waals surface area contributed by atoms with E-state index in [4.69, 9.17) is 5.73 Å². The predicted molar refractivity (Wildman–Crippen MR) is 59.8 cm³/mol. The summed E-state index contributed by atoms with van der Waals surface area (Å²) in [7, 11) is 0. The Labute approximate surface area is 90.6 Å². The molecule has 1 heterocycles. The molecule has 0 saturated heterocycles. The number of para-hydroxylation sites is 1. The summed E-state index contributed by atoms with van der Waals surface area (Å²) in [6.45, 7) is 0. The molecule has 4 nitrogen and oxygen atoms in total. The molecule has 2 aromatic rings. The number of anilines is 1. The number of rotatable bonds is 2. The van der Waals surface area contributed by atoms with Crippen molar-refractivity contribution in [2.45, 2.75) is 9.79 Å². The lowest BCUT2D eigenvalue weighted by molar-refractivity contribution is 1.04. The van der Waals surface area contributed by atoms with Crippen LogP contribution < -0.4 is 11.3 Å². The number of aromatic amines is 1. The molecule has 2 rings (SSSR count). The number of nitrogen functional groups attached to an aromatic ring is 1. The van der Waals surface area contributed by atoms with E-state index >= 15 is 0 Å². The zero-order chi connectivity index (χ0) is 10.7. The van der Waals surface area contributed by atoms with Crippen LogP contribution in [0.2, 0.25) is 0 Å². The lowest BCUT2D eigenvalue weighted by Gasteiger charge is -2.02. The van der Waals surface area contributed by atoms with Crippen LogP contribution in [0.3, 0.4) is 0 Å². The van der Waals surface area contributed by atoms with Crippen LogP contribution in [0.25, 0.3) is 0 Å². The highest BCUT2D eigenvalue weighted by molar-refractivity contribution is 7.99. The van der Waals surface area contributed by atoms with Gasteiger partial charge in [0.2, 0.25) is 0 Å². The van der Waals surface area contributed by atoms with E-state index in [9.17, 15) is 4.79 Å². The number of nitrogens with one attached hydrogen (secondary N) is 1. The number of hydrogen-bond donors (Lipinski definition) is 2. The van der Waals surface area contributed by atoms with Crippen molar-refractivity contribution in [2.75, 3.05) is 5.73 Å². The highest BCUT2D eigenvalue weighted by atomic mass is 32.2. The van der Waals surface area contributed by atoms with Crippen molar-refractivity contribution >= 4 is 17.4 Å². The third-order valence-corrected chi connectivity index (χ3v) is 2.93. The Hall–Kier alpha value is -1.75. The average molecular weight is 219 g/mol. The quantitative estimate of drug-likeness (QED) is 0.751. The summed E-state index contributed by atoms with van der Waals surface area (Å²) in [4.78, 5) is 19.1. The van der Waals surface area contributed by atoms with E-state index in [-0.39, 0.29) is 5.56 Å². The molecule has 5 heteroatoms. The summed E-state index contributed by atoms with van der Waals surface area (Å²) in [6, 6.07) is 7.40. The number of aromatic nitrogens is 2. The fourth-order valence-electron chi connectivity index (χ4n) is 1.10. The molecule has 0 aliphatic rings. The Balaban J connectivity index is 2.34. The summed E-state index contributed by atoms with van der Waals surface area (Å²) >= 11 is 1.31. The van der Waals surface area contributed by atoms with Gasteiger partial charge in [-0.25, -0.2) is 4.98 Å². The average Bonchev–Trinajstić information content (AvgIpc) is 2.24. The zero-order valence-corrected chi connectivity index (χ0v) is 8.62. The van der Waals surface area contributed by atoms with E-state index in [2.05, 4.69) is 9.97 Å². The molecule has 0 saturated carbocycles. The van der Waals surface area contributed by atoms with Gasteiger partial charge >= 0.3 is 0 Å². The van der Waals surface area contributed by atoms with Crippen LogP contribution in [0, 0.1) is 0 Å². The highest BCUT2D eigenvalue weighted by Gasteiger charge is 2.04. The largest absolute Gasteiger partial charge is 0.398 e. The fourth-order valence-corrected chi connectivity index (χ4v) is 1.93. The molecule has 0 unspecified atom stereocenters. The third-order valence-electron chi connectivity index (χ3n) is 1.82. The smallest absolute Gasteiger partial charge is 0.264 e. The summed E-state index contributed by atoms with van der Waals surface area (Å²) in [5, 5.41) is 0. The molecule has 0 fully saturated rings. The van der Waals surface area contributed by atoms with Gasteiger partial charge in [0.15, 0.2) is 0 Å². The second-order valence-electron chi connectivity index (χ2n) is 2.88. The molecule has 0 atom stereocenters. The Morgan fingerprint density at radius 1 is 1.27 bits per heavy atom. The first-order chi connectivity index (χ1) is 7.27. The molecule has 1 aromatic heterocycles. The number of H-pyrrole nitrogens is 1. The van der Waals surface area contributed by atoms with Crippen molar-refractivity contribution in [3.63, 3.8) is 0 Å². The van der Waals surface area contributed by atoms with Gasteiger partial charge in [-0.1, -0.05) is 23.9 Å². The maximum atomic E-state index is 11.4. The normalized spacial score (nSPS) is 10.1. The van der Waals surface area contributed by atoms with Gasteiger partial charge in [0.05, 0.1) is 11.2 Å². The van der Waals surface area contributed by atoms with E-state index in [1.165, 1.54) is 24.3 Å². The fraction of sp³-hybridized carbons (Fsp3) is 0. The van der Waals surface area contributed by atoms with E-state index in [1.54, 1.807) is 6.07 Å². The van der Waals surface area contributed by atoms with Crippen molar-refractivity contribution in [3.05, 3.63) is 47.1 Å². The maximum absolute atomic E-state index is 11.4. The minimum atomic E-state index is -0.154. The van der Waals surface area contributed by atoms with Gasteiger partial charge in [-0.05, 0) is 12.1 Å². The van der Waals surface area contributed by atoms with E-state index < -0.39 is 0 Å². The van der Waals surface area contributed by atoms with Crippen LogP contribution in [0.4, 0.5) is 5.69 Å². The van der Waals surface area contributed by atoms with E-state index in [0.717, 1.165) is 4.90 Å². The molecular formula is C10H9N3OS. The van der Waals surface area contributed by atoms with E-state index in [1.807, 2.05) is 18.2 Å². The Morgan fingerprint density at radius 2 is 2.07 bits per heavy atom. The lowest BCUT2D eigenvalue weighted by Crippen LogP contribution is -2.07. The molecule has 0 spiro atoms. The Morgan fingerprint density at radius 3 is 2.80 bits per heavy atom. The van der Waals surface area contributed by atoms with Crippen molar-refractivity contribution in [1.82, 2.24) is 9.97 Å². The van der Waals surface area contributed by atoms with Gasteiger partial charge < -0.3 is 10.7 Å². The molecule has 0 bridgehead atoms. The van der Waals surface area contributed by atoms with Crippen LogP contribution in [-0.2, 0) is 0 Å². The first-order valence-electron chi connectivity index (χ1n) is 4.32. The van der Waals surface area contributed by atoms with Crippen molar-refractivity contribution in [1.29, 1.82) is 0 Å². The highest BCUT2D eigenvalue weighted by Crippen LogP contribution is 2.28. The standard InChI is InChI=1S/C10H9N3OS/c11-7-3-1-2-4-8(7)15-9-5-12-6-13-10(9)14/h1-6H,11H2,(H,12,13,14). The lowest BCUT2D eigenvalue weighted by atomic mass is 10.3. The molecule has 1 aromatic carbocycles. The summed E-state index contributed by atoms with van der Waals surface area (Å²) in [6.07, 6.45) is 2.89. The van der Waals surface area contributed by atoms with Crippen LogP contribution in [0.1, 0.15) is 0 Å². The summed E-state index contributed by atoms with van der Waals surface area (Å²) in [5.74, 6) is 0. The van der Waals surface area contributed by atoms with E-state index in [0.29, 0.717) is 10.6 Å². The number of nitrogens with zero attached hydrogens (tertiary/aromatic N) is 1. The predicted octanol–water partition coefficient (Wildman–Crippen LogP) is 1.50. The van der Waals surface area contributed by atoms with Crippen LogP contribution in [0.15, 0.2) is 51.4 Å². The van der Waals surface area contributed by atoms with Crippen LogP contribution in [0.5, 0.6) is 0 Å². The number of nitrogens with two attached hydrogens (primary N) is 1. The summed E-state index contributed by atoms with van der Waals surface area (Å²) < 4.78 is 0. The van der Waals surface area contributed by atoms with Gasteiger partial charge in [-0.2, -0.15) is 0 Å². The third kappa shape index (κ3) is 2.19. The van der Waals surface area contributed by atoms with Gasteiger partial charge in [-0.15, -0.1) is 0 Å². The van der Waals surface area contributed by atoms with Crippen molar-refractivity contribution in [3.8, 4) is 0 Å². The molecular weight excluding hydrogens is 210 g/mol. The molecule has 0 amide bonds. The minimum absolute atomic E-state index is 0.154. The number of benzene rings is 1. The minimum Gasteiger partial charge on any atom is -0.398 e. The molecule has 0 radical (unpaired) electrons. The van der Waals surface area contributed by atoms with Gasteiger partial charge in [0.1, 0.15) is 0 Å². The Bertz CT molecular complexity index is 524. The van der Waals surface area contributed by atoms with Gasteiger partial charge in [0.25, 0.3) is 5.56 Å². The van der Waals surface area contributed by atoms with Crippen LogP contribution >= 0.6 is 11.8 Å². The van der Waals surface area contributed by atoms with Gasteiger partial charge in [0, 0.05) is 16.8 Å². The second kappa shape index (κ2) is 4.18. The molecule has 0 aliphatic heterocycles. The summed E-state index contributed by atoms with van der Waals surface area (Å²) in [5.41, 5.74) is 6.27. The molecule has 76 valence electrons. The Kier molecular flexibility index (Phi) is 2.73. The maximum Gasteiger partial charge on any atom is 0.264 e. The topological polar surface area (TPSA) is 71.8 Å². The first kappa shape index (κ1) is 9.79. The van der Waals surface area contributed by atoms with Crippen molar-refractivity contribution in [2.24, 2.45) is 0 Å². The number of hydrogen-bond acceptors (Lipinski definition) is 4. The zero-order valence-electron chi connectivity index (χ0n) is 7.81. The first-order valence-corrected chi connectivity index (χ1v) is 5.14. The molecule has 15 heavy (non-hydrogen) atoms. The monoisotopic (exact) mass is 219 g/mol. The SMILES string of the molecule is Nc1ccccc1Sc1cnc[nH]c1=O. The second-order valence-corrected chi connectivity index (χ2v) is 3.97.